The van der Waals surface area contributed by atoms with E-state index in [4.69, 9.17) is 33.8 Å². The van der Waals surface area contributed by atoms with Crippen molar-refractivity contribution in [3.8, 4) is 17.1 Å². The molecule has 0 atom stereocenters. The first kappa shape index (κ1) is 17.0. The number of rotatable bonds is 5. The second-order valence-electron chi connectivity index (χ2n) is 4.93. The van der Waals surface area contributed by atoms with Gasteiger partial charge in [0.15, 0.2) is 5.82 Å². The summed E-state index contributed by atoms with van der Waals surface area (Å²) in [6.45, 7) is 0. The van der Waals surface area contributed by atoms with Crippen molar-refractivity contribution in [1.29, 1.82) is 0 Å². The van der Waals surface area contributed by atoms with Gasteiger partial charge >= 0.3 is 0 Å². The van der Waals surface area contributed by atoms with Crippen molar-refractivity contribution in [1.82, 2.24) is 14.9 Å². The number of hydrogen-bond acceptors (Lipinski definition) is 5. The molecule has 0 saturated carbocycles. The van der Waals surface area contributed by atoms with Crippen LogP contribution >= 0.6 is 35.0 Å². The number of ether oxygens (including phenoxy) is 1. The van der Waals surface area contributed by atoms with E-state index in [2.05, 4.69) is 10.2 Å². The zero-order valence-corrected chi connectivity index (χ0v) is 15.1. The molecule has 0 fully saturated rings. The fourth-order valence-electron chi connectivity index (χ4n) is 2.20. The largest absolute Gasteiger partial charge is 0.496 e. The molecule has 0 bridgehead atoms. The van der Waals surface area contributed by atoms with Gasteiger partial charge in [0, 0.05) is 26.9 Å². The number of methoxy groups -OCH3 is 1. The Kier molecular flexibility index (Phi) is 5.18. The van der Waals surface area contributed by atoms with Crippen LogP contribution in [-0.2, 0) is 5.75 Å². The molecule has 0 aliphatic carbocycles. The van der Waals surface area contributed by atoms with Gasteiger partial charge in [-0.25, -0.2) is 4.68 Å². The third-order valence-corrected chi connectivity index (χ3v) is 4.81. The highest BCUT2D eigenvalue weighted by Gasteiger charge is 2.14. The number of nitrogens with two attached hydrogens (primary N) is 1. The van der Waals surface area contributed by atoms with Crippen LogP contribution in [0.25, 0.3) is 11.4 Å². The molecule has 2 aromatic carbocycles. The summed E-state index contributed by atoms with van der Waals surface area (Å²) < 4.78 is 6.80. The number of benzene rings is 2. The average molecular weight is 381 g/mol. The highest BCUT2D eigenvalue weighted by Crippen LogP contribution is 2.30. The predicted octanol–water partition coefficient (Wildman–Crippen LogP) is 4.27. The number of halogens is 2. The number of hydrogen-bond donors (Lipinski definition) is 1. The normalized spacial score (nSPS) is 10.8. The van der Waals surface area contributed by atoms with Gasteiger partial charge in [0.2, 0.25) is 5.16 Å². The third-order valence-electron chi connectivity index (χ3n) is 3.35. The highest BCUT2D eigenvalue weighted by atomic mass is 35.5. The molecule has 3 aromatic rings. The van der Waals surface area contributed by atoms with Gasteiger partial charge < -0.3 is 10.6 Å². The number of thioether (sulfide) groups is 1. The molecule has 0 radical (unpaired) electrons. The molecule has 8 heteroatoms. The number of aromatic nitrogens is 3. The van der Waals surface area contributed by atoms with Gasteiger partial charge in [0.1, 0.15) is 5.75 Å². The zero-order chi connectivity index (χ0) is 17.1. The topological polar surface area (TPSA) is 66.0 Å². The lowest BCUT2D eigenvalue weighted by Crippen LogP contribution is -2.11. The van der Waals surface area contributed by atoms with Crippen LogP contribution in [0, 0.1) is 0 Å². The van der Waals surface area contributed by atoms with E-state index >= 15 is 0 Å². The van der Waals surface area contributed by atoms with Crippen molar-refractivity contribution in [2.75, 3.05) is 13.0 Å². The van der Waals surface area contributed by atoms with Crippen molar-refractivity contribution >= 4 is 35.0 Å². The van der Waals surface area contributed by atoms with Crippen molar-refractivity contribution < 1.29 is 4.74 Å². The molecule has 124 valence electrons. The summed E-state index contributed by atoms with van der Waals surface area (Å²) >= 11 is 13.5. The van der Waals surface area contributed by atoms with Gasteiger partial charge in [0.25, 0.3) is 0 Å². The maximum absolute atomic E-state index is 6.12. The lowest BCUT2D eigenvalue weighted by atomic mass is 10.2. The summed E-state index contributed by atoms with van der Waals surface area (Å²) in [7, 11) is 1.63. The van der Waals surface area contributed by atoms with Crippen molar-refractivity contribution in [2.24, 2.45) is 0 Å². The summed E-state index contributed by atoms with van der Waals surface area (Å²) in [5, 5.41) is 10.2. The molecule has 1 heterocycles. The fourth-order valence-corrected chi connectivity index (χ4v) is 3.42. The van der Waals surface area contributed by atoms with Gasteiger partial charge in [-0.15, -0.1) is 10.2 Å². The van der Waals surface area contributed by atoms with E-state index in [1.54, 1.807) is 25.3 Å². The monoisotopic (exact) mass is 380 g/mol. The second kappa shape index (κ2) is 7.34. The van der Waals surface area contributed by atoms with Crippen LogP contribution in [0.5, 0.6) is 5.75 Å². The first-order valence-corrected chi connectivity index (χ1v) is 8.74. The molecule has 0 unspecified atom stereocenters. The molecule has 0 saturated heterocycles. The Morgan fingerprint density at radius 3 is 2.67 bits per heavy atom. The van der Waals surface area contributed by atoms with Gasteiger partial charge in [-0.3, -0.25) is 0 Å². The van der Waals surface area contributed by atoms with E-state index in [9.17, 15) is 0 Å². The lowest BCUT2D eigenvalue weighted by molar-refractivity contribution is 0.411. The summed E-state index contributed by atoms with van der Waals surface area (Å²) in [5.74, 6) is 8.05. The maximum atomic E-state index is 6.12. The minimum atomic E-state index is 0.554. The third kappa shape index (κ3) is 3.61. The van der Waals surface area contributed by atoms with E-state index in [0.29, 0.717) is 26.8 Å². The van der Waals surface area contributed by atoms with Crippen LogP contribution in [0.4, 0.5) is 0 Å². The van der Waals surface area contributed by atoms with E-state index in [1.165, 1.54) is 16.4 Å². The molecule has 24 heavy (non-hydrogen) atoms. The predicted molar refractivity (Wildman–Crippen MR) is 98.2 cm³/mol. The molecule has 2 N–H and O–H groups in total. The Labute approximate surface area is 153 Å². The van der Waals surface area contributed by atoms with Gasteiger partial charge in [0.05, 0.1) is 7.11 Å². The van der Waals surface area contributed by atoms with Gasteiger partial charge in [-0.05, 0) is 30.3 Å². The lowest BCUT2D eigenvalue weighted by Gasteiger charge is -2.08. The van der Waals surface area contributed by atoms with Crippen LogP contribution < -0.4 is 10.6 Å². The Morgan fingerprint density at radius 1 is 1.12 bits per heavy atom. The average Bonchev–Trinajstić information content (AvgIpc) is 2.94. The van der Waals surface area contributed by atoms with Gasteiger partial charge in [-0.1, -0.05) is 47.1 Å². The minimum Gasteiger partial charge on any atom is -0.496 e. The summed E-state index contributed by atoms with van der Waals surface area (Å²) in [6.07, 6.45) is 0. The molecule has 0 amide bonds. The Balaban J connectivity index is 1.81. The summed E-state index contributed by atoms with van der Waals surface area (Å²) in [4.78, 5) is 0. The summed E-state index contributed by atoms with van der Waals surface area (Å²) in [5.41, 5.74) is 1.77. The van der Waals surface area contributed by atoms with Crippen LogP contribution in [-0.4, -0.2) is 22.0 Å². The Morgan fingerprint density at radius 2 is 1.92 bits per heavy atom. The van der Waals surface area contributed by atoms with E-state index in [0.717, 1.165) is 16.9 Å². The molecular weight excluding hydrogens is 367 g/mol. The second-order valence-corrected chi connectivity index (χ2v) is 6.75. The molecule has 3 rings (SSSR count). The summed E-state index contributed by atoms with van der Waals surface area (Å²) in [6, 6.07) is 12.8. The Hall–Kier alpha value is -1.89. The van der Waals surface area contributed by atoms with Crippen molar-refractivity contribution in [2.45, 2.75) is 10.9 Å². The molecule has 0 aliphatic heterocycles. The van der Waals surface area contributed by atoms with Crippen LogP contribution in [0.1, 0.15) is 5.56 Å². The molecular formula is C16H14Cl2N4OS. The first-order valence-electron chi connectivity index (χ1n) is 7.00. The molecule has 1 aromatic heterocycles. The number of nitrogens with zero attached hydrogens (tertiary/aromatic N) is 3. The smallest absolute Gasteiger partial charge is 0.210 e. The fraction of sp³-hybridized carbons (Fsp3) is 0.125. The minimum absolute atomic E-state index is 0.554. The van der Waals surface area contributed by atoms with Crippen molar-refractivity contribution in [3.05, 3.63) is 58.1 Å². The van der Waals surface area contributed by atoms with Crippen LogP contribution in [0.2, 0.25) is 10.0 Å². The van der Waals surface area contributed by atoms with E-state index < -0.39 is 0 Å². The maximum Gasteiger partial charge on any atom is 0.210 e. The SMILES string of the molecule is COc1ccc(Cl)cc1CSc1nnc(-c2cccc(Cl)c2)n1N. The standard InChI is InChI=1S/C16H14Cl2N4OS/c1-23-14-6-5-13(18)8-11(14)9-24-16-21-20-15(22(16)19)10-3-2-4-12(17)7-10/h2-8H,9,19H2,1H3. The Bertz CT molecular complexity index is 869. The molecule has 0 aliphatic rings. The number of nitrogen functional groups attached to an aromatic ring is 1. The first-order chi connectivity index (χ1) is 11.6. The van der Waals surface area contributed by atoms with E-state index in [1.807, 2.05) is 24.3 Å². The van der Waals surface area contributed by atoms with E-state index in [-0.39, 0.29) is 0 Å². The quantitative estimate of drug-likeness (QED) is 0.528. The highest BCUT2D eigenvalue weighted by molar-refractivity contribution is 7.98. The molecule has 5 nitrogen and oxygen atoms in total. The van der Waals surface area contributed by atoms with Crippen molar-refractivity contribution in [3.63, 3.8) is 0 Å². The van der Waals surface area contributed by atoms with Gasteiger partial charge in [-0.2, -0.15) is 0 Å². The molecule has 0 spiro atoms. The zero-order valence-electron chi connectivity index (χ0n) is 12.7. The van der Waals surface area contributed by atoms with Crippen LogP contribution in [0.3, 0.4) is 0 Å². The van der Waals surface area contributed by atoms with Crippen LogP contribution in [0.15, 0.2) is 47.6 Å².